The third-order valence-corrected chi connectivity index (χ3v) is 0.704. The molecule has 3 nitrogen and oxygen atoms in total. The fourth-order valence-electron chi connectivity index (χ4n) is 0.131. The van der Waals surface area contributed by atoms with Crippen LogP contribution < -0.4 is 0 Å². The molecule has 0 unspecified atom stereocenters. The van der Waals surface area contributed by atoms with Gasteiger partial charge in [-0.15, -0.1) is 0 Å². The number of halogens is 2. The molecule has 0 rings (SSSR count). The lowest BCUT2D eigenvalue weighted by molar-refractivity contribution is -0.152. The van der Waals surface area contributed by atoms with Crippen LogP contribution in [0.1, 0.15) is 6.92 Å². The Kier molecular flexibility index (Phi) is 2.29. The van der Waals surface area contributed by atoms with Gasteiger partial charge < -0.3 is 0 Å². The Morgan fingerprint density at radius 1 is 1.50 bits per heavy atom. The standard InChI is InChI=1S/C2H4F2O3S/c1-2(3,4)7-8(5)6/h8H,1H3. The molecule has 0 aliphatic heterocycles. The Morgan fingerprint density at radius 2 is 1.88 bits per heavy atom. The minimum Gasteiger partial charge on any atom is -0.203 e. The molecule has 0 aromatic heterocycles. The average Bonchev–Trinajstić information content (AvgIpc) is 1.21. The van der Waals surface area contributed by atoms with Crippen LogP contribution in [0.5, 0.6) is 0 Å². The van der Waals surface area contributed by atoms with Crippen molar-refractivity contribution in [3.63, 3.8) is 0 Å². The first-order chi connectivity index (χ1) is 3.42. The molecule has 0 aromatic rings. The summed E-state index contributed by atoms with van der Waals surface area (Å²) < 4.78 is 44.5. The van der Waals surface area contributed by atoms with Gasteiger partial charge in [0.15, 0.2) is 0 Å². The summed E-state index contributed by atoms with van der Waals surface area (Å²) in [5, 5.41) is 0. The van der Waals surface area contributed by atoms with Crippen molar-refractivity contribution in [2.75, 3.05) is 0 Å². The minimum absolute atomic E-state index is 0.345. The highest BCUT2D eigenvalue weighted by atomic mass is 32.2. The first-order valence-corrected chi connectivity index (χ1v) is 2.73. The molecular weight excluding hydrogens is 142 g/mol. The Balaban J connectivity index is 3.73. The van der Waals surface area contributed by atoms with Gasteiger partial charge in [0.2, 0.25) is 0 Å². The molecule has 0 bridgehead atoms. The van der Waals surface area contributed by atoms with Crippen LogP contribution in [0.4, 0.5) is 8.78 Å². The van der Waals surface area contributed by atoms with E-state index in [4.69, 9.17) is 0 Å². The fraction of sp³-hybridized carbons (Fsp3) is 1.00. The van der Waals surface area contributed by atoms with Gasteiger partial charge in [-0.3, -0.25) is 0 Å². The van der Waals surface area contributed by atoms with Crippen LogP contribution >= 0.6 is 0 Å². The van der Waals surface area contributed by atoms with E-state index >= 15 is 0 Å². The van der Waals surface area contributed by atoms with E-state index in [0.29, 0.717) is 6.92 Å². The quantitative estimate of drug-likeness (QED) is 0.563. The molecule has 0 fully saturated rings. The third kappa shape index (κ3) is 5.77. The zero-order valence-electron chi connectivity index (χ0n) is 3.93. The van der Waals surface area contributed by atoms with Crippen molar-refractivity contribution >= 4 is 11.0 Å². The second kappa shape index (κ2) is 2.36. The van der Waals surface area contributed by atoms with Gasteiger partial charge in [0.25, 0.3) is 11.0 Å². The van der Waals surface area contributed by atoms with Gasteiger partial charge in [-0.05, 0) is 0 Å². The summed E-state index contributed by atoms with van der Waals surface area (Å²) >= 11 is 0. The van der Waals surface area contributed by atoms with Gasteiger partial charge in [-0.25, -0.2) is 12.6 Å². The maximum atomic E-state index is 11.4. The van der Waals surface area contributed by atoms with Crippen molar-refractivity contribution in [3.05, 3.63) is 0 Å². The molecule has 0 aromatic carbocycles. The Morgan fingerprint density at radius 3 is 1.88 bits per heavy atom. The number of hydrogen-bond donors (Lipinski definition) is 1. The smallest absolute Gasteiger partial charge is 0.203 e. The lowest BCUT2D eigenvalue weighted by atomic mass is 10.8. The predicted octanol–water partition coefficient (Wildman–Crippen LogP) is 0.142. The average molecular weight is 146 g/mol. The number of thiol groups is 1. The van der Waals surface area contributed by atoms with Crippen LogP contribution in [-0.4, -0.2) is 14.5 Å². The zero-order valence-corrected chi connectivity index (χ0v) is 4.82. The molecule has 0 atom stereocenters. The summed E-state index contributed by atoms with van der Waals surface area (Å²) in [5.74, 6) is 0. The lowest BCUT2D eigenvalue weighted by Crippen LogP contribution is -2.13. The molecule has 0 aliphatic rings. The van der Waals surface area contributed by atoms with Crippen molar-refractivity contribution in [1.82, 2.24) is 0 Å². The summed E-state index contributed by atoms with van der Waals surface area (Å²) in [7, 11) is -3.44. The highest BCUT2D eigenvalue weighted by molar-refractivity contribution is 7.67. The van der Waals surface area contributed by atoms with Crippen molar-refractivity contribution in [1.29, 1.82) is 0 Å². The molecular formula is C2H4F2O3S. The molecule has 0 saturated carbocycles. The third-order valence-electron chi connectivity index (χ3n) is 0.235. The number of alkyl halides is 2. The van der Waals surface area contributed by atoms with Crippen LogP contribution in [0.2, 0.25) is 0 Å². The largest absolute Gasteiger partial charge is 0.366 e. The van der Waals surface area contributed by atoms with E-state index in [1.54, 1.807) is 0 Å². The molecule has 0 heterocycles. The normalized spacial score (nSPS) is 12.5. The molecule has 0 spiro atoms. The van der Waals surface area contributed by atoms with Gasteiger partial charge in [-0.2, -0.15) is 8.78 Å². The summed E-state index contributed by atoms with van der Waals surface area (Å²) in [6.07, 6.45) is -3.57. The van der Waals surface area contributed by atoms with E-state index in [2.05, 4.69) is 4.18 Å². The monoisotopic (exact) mass is 146 g/mol. The molecule has 0 radical (unpaired) electrons. The number of hydrogen-bond acceptors (Lipinski definition) is 3. The van der Waals surface area contributed by atoms with Crippen LogP contribution in [0, 0.1) is 0 Å². The topological polar surface area (TPSA) is 43.4 Å². The lowest BCUT2D eigenvalue weighted by Gasteiger charge is -2.02. The minimum atomic E-state index is -3.57. The van der Waals surface area contributed by atoms with Gasteiger partial charge in [0, 0.05) is 6.92 Å². The van der Waals surface area contributed by atoms with E-state index < -0.39 is 17.1 Å². The summed E-state index contributed by atoms with van der Waals surface area (Å²) in [4.78, 5) is 0. The Bertz CT molecular complexity index is 127. The molecule has 0 N–H and O–H groups in total. The van der Waals surface area contributed by atoms with Gasteiger partial charge in [0.1, 0.15) is 0 Å². The molecule has 0 saturated heterocycles. The predicted molar refractivity (Wildman–Crippen MR) is 22.0 cm³/mol. The second-order valence-corrected chi connectivity index (χ2v) is 1.75. The molecule has 50 valence electrons. The molecule has 6 heteroatoms. The van der Waals surface area contributed by atoms with E-state index in [1.807, 2.05) is 0 Å². The summed E-state index contributed by atoms with van der Waals surface area (Å²) in [5.41, 5.74) is 0. The van der Waals surface area contributed by atoms with E-state index in [-0.39, 0.29) is 0 Å². The van der Waals surface area contributed by atoms with E-state index in [1.165, 1.54) is 0 Å². The van der Waals surface area contributed by atoms with Gasteiger partial charge >= 0.3 is 6.11 Å². The SMILES string of the molecule is CC(F)(F)O[SH](=O)=O. The van der Waals surface area contributed by atoms with Crippen LogP contribution in [0.15, 0.2) is 0 Å². The Hall–Kier alpha value is -0.230. The van der Waals surface area contributed by atoms with Crippen LogP contribution in [0.3, 0.4) is 0 Å². The first kappa shape index (κ1) is 7.77. The van der Waals surface area contributed by atoms with E-state index in [0.717, 1.165) is 0 Å². The maximum absolute atomic E-state index is 11.4. The molecule has 0 aliphatic carbocycles. The Labute approximate surface area is 46.4 Å². The van der Waals surface area contributed by atoms with Crippen LogP contribution in [-0.2, 0) is 15.2 Å². The van der Waals surface area contributed by atoms with E-state index in [9.17, 15) is 17.2 Å². The van der Waals surface area contributed by atoms with Crippen molar-refractivity contribution in [2.45, 2.75) is 13.0 Å². The zero-order chi connectivity index (χ0) is 6.78. The molecule has 8 heavy (non-hydrogen) atoms. The summed E-state index contributed by atoms with van der Waals surface area (Å²) in [6.45, 7) is 0.345. The second-order valence-electron chi connectivity index (χ2n) is 1.12. The maximum Gasteiger partial charge on any atom is 0.366 e. The highest BCUT2D eigenvalue weighted by Crippen LogP contribution is 2.12. The van der Waals surface area contributed by atoms with Gasteiger partial charge in [0.05, 0.1) is 0 Å². The van der Waals surface area contributed by atoms with Crippen molar-refractivity contribution < 1.29 is 21.4 Å². The first-order valence-electron chi connectivity index (χ1n) is 1.63. The number of rotatable bonds is 2. The van der Waals surface area contributed by atoms with Crippen molar-refractivity contribution in [3.8, 4) is 0 Å². The van der Waals surface area contributed by atoms with Crippen molar-refractivity contribution in [2.24, 2.45) is 0 Å². The summed E-state index contributed by atoms with van der Waals surface area (Å²) in [6, 6.07) is 0. The van der Waals surface area contributed by atoms with Gasteiger partial charge in [-0.1, -0.05) is 0 Å². The van der Waals surface area contributed by atoms with Crippen LogP contribution in [0.25, 0.3) is 0 Å². The fourth-order valence-corrected chi connectivity index (χ4v) is 0.393. The molecule has 0 amide bonds. The highest BCUT2D eigenvalue weighted by Gasteiger charge is 2.22.